The molecule has 0 aliphatic carbocycles. The van der Waals surface area contributed by atoms with Crippen molar-refractivity contribution in [1.29, 1.82) is 0 Å². The third-order valence-corrected chi connectivity index (χ3v) is 3.44. The van der Waals surface area contributed by atoms with Crippen LogP contribution in [0, 0.1) is 13.8 Å². The summed E-state index contributed by atoms with van der Waals surface area (Å²) in [5.74, 6) is 0.907. The monoisotopic (exact) mass is 284 g/mol. The van der Waals surface area contributed by atoms with Crippen molar-refractivity contribution in [3.8, 4) is 5.75 Å². The number of aryl methyl sites for hydroxylation is 2. The lowest BCUT2D eigenvalue weighted by Crippen LogP contribution is -2.13. The molecule has 0 unspecified atom stereocenters. The van der Waals surface area contributed by atoms with Crippen LogP contribution in [0.25, 0.3) is 0 Å². The minimum absolute atomic E-state index is 0.692. The second-order valence-corrected chi connectivity index (χ2v) is 5.11. The van der Waals surface area contributed by atoms with Gasteiger partial charge in [0.05, 0.1) is 6.61 Å². The maximum atomic E-state index is 5.49. The van der Waals surface area contributed by atoms with Gasteiger partial charge in [0.1, 0.15) is 5.75 Å². The SMILES string of the molecule is CCOc1cccc(NCCNc2ccc(C)c(C)c2)c1. The average Bonchev–Trinajstić information content (AvgIpc) is 2.48. The largest absolute Gasteiger partial charge is 0.494 e. The van der Waals surface area contributed by atoms with Gasteiger partial charge in [0, 0.05) is 30.5 Å². The van der Waals surface area contributed by atoms with Crippen molar-refractivity contribution in [2.24, 2.45) is 0 Å². The lowest BCUT2D eigenvalue weighted by molar-refractivity contribution is 0.340. The first kappa shape index (κ1) is 15.2. The zero-order chi connectivity index (χ0) is 15.1. The van der Waals surface area contributed by atoms with E-state index in [1.54, 1.807) is 0 Å². The number of ether oxygens (including phenoxy) is 1. The highest BCUT2D eigenvalue weighted by Gasteiger charge is 1.97. The molecule has 21 heavy (non-hydrogen) atoms. The predicted molar refractivity (Wildman–Crippen MR) is 90.5 cm³/mol. The van der Waals surface area contributed by atoms with Crippen LogP contribution in [0.3, 0.4) is 0 Å². The van der Waals surface area contributed by atoms with Gasteiger partial charge in [-0.1, -0.05) is 12.1 Å². The Balaban J connectivity index is 1.79. The van der Waals surface area contributed by atoms with Gasteiger partial charge in [-0.05, 0) is 56.2 Å². The van der Waals surface area contributed by atoms with E-state index in [4.69, 9.17) is 4.74 Å². The molecular weight excluding hydrogens is 260 g/mol. The molecule has 112 valence electrons. The molecule has 0 saturated carbocycles. The van der Waals surface area contributed by atoms with Crippen LogP contribution in [0.5, 0.6) is 5.75 Å². The molecule has 2 aromatic carbocycles. The van der Waals surface area contributed by atoms with E-state index < -0.39 is 0 Å². The third-order valence-electron chi connectivity index (χ3n) is 3.44. The van der Waals surface area contributed by atoms with E-state index in [-0.39, 0.29) is 0 Å². The first-order valence-electron chi connectivity index (χ1n) is 7.47. The van der Waals surface area contributed by atoms with Gasteiger partial charge >= 0.3 is 0 Å². The molecule has 0 aliphatic heterocycles. The number of hydrogen-bond acceptors (Lipinski definition) is 3. The van der Waals surface area contributed by atoms with Crippen LogP contribution in [-0.2, 0) is 0 Å². The van der Waals surface area contributed by atoms with Crippen molar-refractivity contribution >= 4 is 11.4 Å². The van der Waals surface area contributed by atoms with Gasteiger partial charge in [-0.25, -0.2) is 0 Å². The summed E-state index contributed by atoms with van der Waals surface area (Å²) in [7, 11) is 0. The van der Waals surface area contributed by atoms with Crippen LogP contribution in [0.15, 0.2) is 42.5 Å². The van der Waals surface area contributed by atoms with Crippen LogP contribution in [0.1, 0.15) is 18.1 Å². The van der Waals surface area contributed by atoms with Crippen LogP contribution >= 0.6 is 0 Å². The minimum atomic E-state index is 0.692. The van der Waals surface area contributed by atoms with Gasteiger partial charge in [0.15, 0.2) is 0 Å². The summed E-state index contributed by atoms with van der Waals surface area (Å²) in [5.41, 5.74) is 4.90. The Labute approximate surface area is 127 Å². The normalized spacial score (nSPS) is 10.2. The molecule has 3 heteroatoms. The van der Waals surface area contributed by atoms with E-state index in [9.17, 15) is 0 Å². The number of nitrogens with one attached hydrogen (secondary N) is 2. The van der Waals surface area contributed by atoms with Gasteiger partial charge < -0.3 is 15.4 Å². The smallest absolute Gasteiger partial charge is 0.121 e. The first-order valence-corrected chi connectivity index (χ1v) is 7.47. The predicted octanol–water partition coefficient (Wildman–Crippen LogP) is 4.23. The van der Waals surface area contributed by atoms with Gasteiger partial charge in [-0.3, -0.25) is 0 Å². The molecule has 0 amide bonds. The van der Waals surface area contributed by atoms with Crippen molar-refractivity contribution in [2.75, 3.05) is 30.3 Å². The summed E-state index contributed by atoms with van der Waals surface area (Å²) in [6.45, 7) is 8.69. The van der Waals surface area contributed by atoms with Crippen LogP contribution in [0.4, 0.5) is 11.4 Å². The quantitative estimate of drug-likeness (QED) is 0.747. The van der Waals surface area contributed by atoms with Crippen LogP contribution in [0.2, 0.25) is 0 Å². The summed E-state index contributed by atoms with van der Waals surface area (Å²) in [4.78, 5) is 0. The number of anilines is 2. The fourth-order valence-corrected chi connectivity index (χ4v) is 2.13. The lowest BCUT2D eigenvalue weighted by Gasteiger charge is -2.11. The zero-order valence-corrected chi connectivity index (χ0v) is 13.1. The standard InChI is InChI=1S/C18H24N2O/c1-4-21-18-7-5-6-16(13-18)19-10-11-20-17-9-8-14(2)15(3)12-17/h5-9,12-13,19-20H,4,10-11H2,1-3H3. The van der Waals surface area contributed by atoms with E-state index in [0.717, 1.165) is 24.5 Å². The molecule has 0 aromatic heterocycles. The van der Waals surface area contributed by atoms with Gasteiger partial charge in [0.25, 0.3) is 0 Å². The summed E-state index contributed by atoms with van der Waals surface area (Å²) in [6, 6.07) is 14.5. The molecule has 0 heterocycles. The molecule has 0 aliphatic rings. The first-order chi connectivity index (χ1) is 10.2. The highest BCUT2D eigenvalue weighted by molar-refractivity contribution is 5.50. The van der Waals surface area contributed by atoms with Gasteiger partial charge in [-0.2, -0.15) is 0 Å². The molecule has 2 aromatic rings. The molecule has 2 N–H and O–H groups in total. The molecule has 3 nitrogen and oxygen atoms in total. The Kier molecular flexibility index (Phi) is 5.50. The molecule has 0 saturated heterocycles. The molecule has 0 spiro atoms. The number of hydrogen-bond donors (Lipinski definition) is 2. The topological polar surface area (TPSA) is 33.3 Å². The molecule has 0 bridgehead atoms. The minimum Gasteiger partial charge on any atom is -0.494 e. The Hall–Kier alpha value is -2.16. The Bertz CT molecular complexity index is 581. The Morgan fingerprint density at radius 3 is 2.24 bits per heavy atom. The fourth-order valence-electron chi connectivity index (χ4n) is 2.13. The summed E-state index contributed by atoms with van der Waals surface area (Å²) >= 11 is 0. The second kappa shape index (κ2) is 7.58. The number of benzene rings is 2. The summed E-state index contributed by atoms with van der Waals surface area (Å²) < 4.78 is 5.49. The molecule has 0 atom stereocenters. The lowest BCUT2D eigenvalue weighted by atomic mass is 10.1. The molecule has 0 fully saturated rings. The average molecular weight is 284 g/mol. The van der Waals surface area contributed by atoms with Gasteiger partial charge in [0.2, 0.25) is 0 Å². The van der Waals surface area contributed by atoms with E-state index in [0.29, 0.717) is 6.61 Å². The van der Waals surface area contributed by atoms with E-state index in [1.807, 2.05) is 25.1 Å². The number of rotatable bonds is 7. The maximum Gasteiger partial charge on any atom is 0.121 e. The molecule has 2 rings (SSSR count). The van der Waals surface area contributed by atoms with Crippen LogP contribution < -0.4 is 15.4 Å². The second-order valence-electron chi connectivity index (χ2n) is 5.11. The Morgan fingerprint density at radius 1 is 0.857 bits per heavy atom. The van der Waals surface area contributed by atoms with E-state index in [2.05, 4.69) is 48.7 Å². The van der Waals surface area contributed by atoms with Crippen LogP contribution in [-0.4, -0.2) is 19.7 Å². The van der Waals surface area contributed by atoms with Crippen molar-refractivity contribution in [3.05, 3.63) is 53.6 Å². The summed E-state index contributed by atoms with van der Waals surface area (Å²) in [6.07, 6.45) is 0. The maximum absolute atomic E-state index is 5.49. The van der Waals surface area contributed by atoms with Crippen molar-refractivity contribution < 1.29 is 4.74 Å². The Morgan fingerprint density at radius 2 is 1.57 bits per heavy atom. The highest BCUT2D eigenvalue weighted by Crippen LogP contribution is 2.17. The van der Waals surface area contributed by atoms with Crippen molar-refractivity contribution in [3.63, 3.8) is 0 Å². The molecule has 0 radical (unpaired) electrons. The van der Waals surface area contributed by atoms with E-state index >= 15 is 0 Å². The van der Waals surface area contributed by atoms with E-state index in [1.165, 1.54) is 16.8 Å². The highest BCUT2D eigenvalue weighted by atomic mass is 16.5. The third kappa shape index (κ3) is 4.71. The fraction of sp³-hybridized carbons (Fsp3) is 0.333. The summed E-state index contributed by atoms with van der Waals surface area (Å²) in [5, 5.41) is 6.83. The van der Waals surface area contributed by atoms with Gasteiger partial charge in [-0.15, -0.1) is 0 Å². The molecular formula is C18H24N2O. The zero-order valence-electron chi connectivity index (χ0n) is 13.1. The van der Waals surface area contributed by atoms with Crippen molar-refractivity contribution in [1.82, 2.24) is 0 Å². The van der Waals surface area contributed by atoms with Crippen molar-refractivity contribution in [2.45, 2.75) is 20.8 Å².